The van der Waals surface area contributed by atoms with E-state index in [4.69, 9.17) is 11.6 Å². The fourth-order valence-corrected chi connectivity index (χ4v) is 3.40. The van der Waals surface area contributed by atoms with Gasteiger partial charge in [0.2, 0.25) is 0 Å². The molecule has 0 amide bonds. The van der Waals surface area contributed by atoms with Gasteiger partial charge >= 0.3 is 5.97 Å². The average Bonchev–Trinajstić information content (AvgIpc) is 2.79. The highest BCUT2D eigenvalue weighted by molar-refractivity contribution is 7.98. The lowest BCUT2D eigenvalue weighted by molar-refractivity contribution is 0.0681. The van der Waals surface area contributed by atoms with Gasteiger partial charge in [0.25, 0.3) is 0 Å². The lowest BCUT2D eigenvalue weighted by Gasteiger charge is -2.21. The van der Waals surface area contributed by atoms with Crippen LogP contribution in [-0.2, 0) is 12.3 Å². The first-order valence-corrected chi connectivity index (χ1v) is 8.40. The summed E-state index contributed by atoms with van der Waals surface area (Å²) in [6.45, 7) is 6.55. The number of benzene rings is 1. The van der Waals surface area contributed by atoms with Crippen LogP contribution in [0.25, 0.3) is 0 Å². The first-order valence-electron chi connectivity index (χ1n) is 7.03. The number of carbonyl (C=O) groups is 1. The molecule has 0 aliphatic rings. The fourth-order valence-electron chi connectivity index (χ4n) is 2.08. The van der Waals surface area contributed by atoms with E-state index >= 15 is 0 Å². The normalized spacial score (nSPS) is 11.7. The zero-order valence-electron chi connectivity index (χ0n) is 13.1. The summed E-state index contributed by atoms with van der Waals surface area (Å²) in [4.78, 5) is 15.5. The van der Waals surface area contributed by atoms with Crippen molar-refractivity contribution in [3.8, 4) is 0 Å². The van der Waals surface area contributed by atoms with Crippen molar-refractivity contribution in [2.75, 3.05) is 0 Å². The van der Waals surface area contributed by atoms with Crippen LogP contribution in [0.4, 0.5) is 4.39 Å². The maximum Gasteiger partial charge on any atom is 0.354 e. The SMILES string of the molecule is CC(C)(C)Cn1c(C(=O)O)cnc1SCc1c(F)cccc1Cl. The second kappa shape index (κ2) is 6.93. The molecular weight excluding hydrogens is 339 g/mol. The van der Waals surface area contributed by atoms with Crippen molar-refractivity contribution in [3.05, 3.63) is 46.5 Å². The molecule has 0 aliphatic heterocycles. The Morgan fingerprint density at radius 1 is 1.43 bits per heavy atom. The minimum atomic E-state index is -1.03. The van der Waals surface area contributed by atoms with Gasteiger partial charge in [0.05, 0.1) is 6.20 Å². The first kappa shape index (κ1) is 17.8. The van der Waals surface area contributed by atoms with E-state index in [2.05, 4.69) is 4.98 Å². The van der Waals surface area contributed by atoms with E-state index in [0.29, 0.717) is 22.3 Å². The lowest BCUT2D eigenvalue weighted by Crippen LogP contribution is -2.20. The van der Waals surface area contributed by atoms with Crippen LogP contribution in [0, 0.1) is 11.2 Å². The molecule has 0 radical (unpaired) electrons. The number of nitrogens with zero attached hydrogens (tertiary/aromatic N) is 2. The molecule has 1 aromatic heterocycles. The molecule has 1 N–H and O–H groups in total. The standard InChI is InChI=1S/C16H18ClFN2O2S/c1-16(2,3)9-20-13(14(21)22)7-19-15(20)23-8-10-11(17)5-4-6-12(10)18/h4-7H,8-9H2,1-3H3,(H,21,22). The molecule has 0 fully saturated rings. The van der Waals surface area contributed by atoms with Crippen molar-refractivity contribution < 1.29 is 14.3 Å². The first-order chi connectivity index (χ1) is 10.7. The summed E-state index contributed by atoms with van der Waals surface area (Å²) in [5, 5.41) is 10.2. The number of hydrogen-bond acceptors (Lipinski definition) is 3. The number of hydrogen-bond donors (Lipinski definition) is 1. The van der Waals surface area contributed by atoms with Gasteiger partial charge in [0.1, 0.15) is 11.5 Å². The van der Waals surface area contributed by atoms with Crippen LogP contribution >= 0.6 is 23.4 Å². The van der Waals surface area contributed by atoms with Crippen molar-refractivity contribution in [2.45, 2.75) is 38.2 Å². The van der Waals surface area contributed by atoms with Gasteiger partial charge in [-0.2, -0.15) is 0 Å². The van der Waals surface area contributed by atoms with Crippen LogP contribution in [0.15, 0.2) is 29.6 Å². The van der Waals surface area contributed by atoms with Gasteiger partial charge in [-0.25, -0.2) is 14.2 Å². The zero-order chi connectivity index (χ0) is 17.2. The summed E-state index contributed by atoms with van der Waals surface area (Å²) in [6.07, 6.45) is 1.33. The molecule has 0 bridgehead atoms. The Balaban J connectivity index is 2.28. The molecule has 124 valence electrons. The second-order valence-electron chi connectivity index (χ2n) is 6.37. The van der Waals surface area contributed by atoms with E-state index in [-0.39, 0.29) is 22.7 Å². The van der Waals surface area contributed by atoms with E-state index in [1.54, 1.807) is 16.7 Å². The largest absolute Gasteiger partial charge is 0.477 e. The van der Waals surface area contributed by atoms with Crippen molar-refractivity contribution >= 4 is 29.3 Å². The molecule has 0 aliphatic carbocycles. The van der Waals surface area contributed by atoms with Crippen molar-refractivity contribution in [3.63, 3.8) is 0 Å². The molecule has 0 saturated heterocycles. The van der Waals surface area contributed by atoms with Crippen molar-refractivity contribution in [2.24, 2.45) is 5.41 Å². The number of imidazole rings is 1. The molecule has 2 rings (SSSR count). The van der Waals surface area contributed by atoms with E-state index < -0.39 is 5.97 Å². The molecule has 23 heavy (non-hydrogen) atoms. The number of aromatic carboxylic acids is 1. The molecule has 0 spiro atoms. The minimum absolute atomic E-state index is 0.115. The lowest BCUT2D eigenvalue weighted by atomic mass is 9.97. The van der Waals surface area contributed by atoms with E-state index in [9.17, 15) is 14.3 Å². The molecule has 0 saturated carbocycles. The predicted molar refractivity (Wildman–Crippen MR) is 89.6 cm³/mol. The van der Waals surface area contributed by atoms with E-state index in [1.807, 2.05) is 20.8 Å². The van der Waals surface area contributed by atoms with Crippen LogP contribution in [0.5, 0.6) is 0 Å². The topological polar surface area (TPSA) is 55.1 Å². The minimum Gasteiger partial charge on any atom is -0.477 e. The second-order valence-corrected chi connectivity index (χ2v) is 7.72. The predicted octanol–water partition coefficient (Wildman–Crippen LogP) is 4.71. The maximum atomic E-state index is 13.8. The van der Waals surface area contributed by atoms with Gasteiger partial charge < -0.3 is 9.67 Å². The molecule has 0 unspecified atom stereocenters. The van der Waals surface area contributed by atoms with Gasteiger partial charge in [0.15, 0.2) is 5.16 Å². The van der Waals surface area contributed by atoms with Crippen LogP contribution < -0.4 is 0 Å². The molecule has 4 nitrogen and oxygen atoms in total. The zero-order valence-corrected chi connectivity index (χ0v) is 14.7. The number of carboxylic acids is 1. The summed E-state index contributed by atoms with van der Waals surface area (Å²) in [5.41, 5.74) is 0.402. The third kappa shape index (κ3) is 4.48. The van der Waals surface area contributed by atoms with E-state index in [0.717, 1.165) is 0 Å². The smallest absolute Gasteiger partial charge is 0.354 e. The number of thioether (sulfide) groups is 1. The van der Waals surface area contributed by atoms with Crippen LogP contribution in [0.1, 0.15) is 36.8 Å². The monoisotopic (exact) mass is 356 g/mol. The molecule has 2 aromatic rings. The van der Waals surface area contributed by atoms with Crippen LogP contribution in [-0.4, -0.2) is 20.6 Å². The molecule has 0 atom stereocenters. The van der Waals surface area contributed by atoms with Gasteiger partial charge in [-0.3, -0.25) is 0 Å². The van der Waals surface area contributed by atoms with Gasteiger partial charge in [-0.05, 0) is 17.5 Å². The van der Waals surface area contributed by atoms with E-state index in [1.165, 1.54) is 24.0 Å². The highest BCUT2D eigenvalue weighted by atomic mass is 35.5. The maximum absolute atomic E-state index is 13.8. The Labute approximate surface area is 143 Å². The van der Waals surface area contributed by atoms with Gasteiger partial charge in [0, 0.05) is 22.9 Å². The Morgan fingerprint density at radius 2 is 2.13 bits per heavy atom. The fraction of sp³-hybridized carbons (Fsp3) is 0.375. The Hall–Kier alpha value is -1.53. The number of rotatable bonds is 5. The third-order valence-corrected chi connectivity index (χ3v) is 4.45. The van der Waals surface area contributed by atoms with Crippen molar-refractivity contribution in [1.29, 1.82) is 0 Å². The highest BCUT2D eigenvalue weighted by Crippen LogP contribution is 2.30. The third-order valence-electron chi connectivity index (χ3n) is 3.08. The molecule has 7 heteroatoms. The van der Waals surface area contributed by atoms with Crippen LogP contribution in [0.3, 0.4) is 0 Å². The molecular formula is C16H18ClFN2O2S. The summed E-state index contributed by atoms with van der Waals surface area (Å²) in [7, 11) is 0. The van der Waals surface area contributed by atoms with Crippen LogP contribution in [0.2, 0.25) is 5.02 Å². The quantitative estimate of drug-likeness (QED) is 0.788. The summed E-state index contributed by atoms with van der Waals surface area (Å²) < 4.78 is 15.5. The van der Waals surface area contributed by atoms with Gasteiger partial charge in [-0.1, -0.05) is 50.2 Å². The number of halogens is 2. The van der Waals surface area contributed by atoms with Crippen molar-refractivity contribution in [1.82, 2.24) is 9.55 Å². The summed E-state index contributed by atoms with van der Waals surface area (Å²) in [5.74, 6) is -1.12. The molecule has 1 aromatic carbocycles. The number of carboxylic acid groups (broad SMARTS) is 1. The Bertz CT molecular complexity index is 705. The molecule has 1 heterocycles. The number of aromatic nitrogens is 2. The Kier molecular flexibility index (Phi) is 5.37. The highest BCUT2D eigenvalue weighted by Gasteiger charge is 2.21. The average molecular weight is 357 g/mol. The Morgan fingerprint density at radius 3 is 2.70 bits per heavy atom. The summed E-state index contributed by atoms with van der Waals surface area (Å²) in [6, 6.07) is 4.53. The van der Waals surface area contributed by atoms with Gasteiger partial charge in [-0.15, -0.1) is 0 Å². The summed E-state index contributed by atoms with van der Waals surface area (Å²) >= 11 is 7.29.